The molecule has 0 bridgehead atoms. The quantitative estimate of drug-likeness (QED) is 0.594. The first-order chi connectivity index (χ1) is 14.0. The zero-order valence-electron chi connectivity index (χ0n) is 15.5. The van der Waals surface area contributed by atoms with Crippen molar-refractivity contribution in [3.8, 4) is 5.75 Å². The fourth-order valence-corrected chi connectivity index (χ4v) is 3.04. The van der Waals surface area contributed by atoms with Crippen molar-refractivity contribution in [3.63, 3.8) is 0 Å². The lowest BCUT2D eigenvalue weighted by molar-refractivity contribution is -0.116. The summed E-state index contributed by atoms with van der Waals surface area (Å²) in [6.45, 7) is -0.176. The Kier molecular flexibility index (Phi) is 6.46. The fraction of sp³-hybridized carbons (Fsp3) is 0.0952. The molecule has 0 fully saturated rings. The Morgan fingerprint density at radius 3 is 2.62 bits per heavy atom. The summed E-state index contributed by atoms with van der Waals surface area (Å²) in [5.74, 6) is -0.190. The monoisotopic (exact) mass is 455 g/mol. The van der Waals surface area contributed by atoms with Crippen LogP contribution >= 0.6 is 15.9 Å². The second-order valence-corrected chi connectivity index (χ2v) is 7.01. The minimum absolute atomic E-state index is 0.176. The Morgan fingerprint density at radius 2 is 1.83 bits per heavy atom. The van der Waals surface area contributed by atoms with Gasteiger partial charge in [0.2, 0.25) is 5.91 Å². The number of hydrogen-bond acceptors (Lipinski definition) is 4. The van der Waals surface area contributed by atoms with Gasteiger partial charge in [0.25, 0.3) is 11.5 Å². The molecule has 2 aromatic carbocycles. The number of halogens is 1. The number of methoxy groups -OCH3 is 1. The van der Waals surface area contributed by atoms with Gasteiger partial charge in [0.05, 0.1) is 18.4 Å². The number of anilines is 2. The van der Waals surface area contributed by atoms with Crippen molar-refractivity contribution in [1.82, 2.24) is 4.57 Å². The predicted molar refractivity (Wildman–Crippen MR) is 114 cm³/mol. The Labute approximate surface area is 175 Å². The first-order valence-electron chi connectivity index (χ1n) is 8.66. The highest BCUT2D eigenvalue weighted by Crippen LogP contribution is 2.20. The number of para-hydroxylation sites is 1. The molecule has 2 amide bonds. The zero-order valence-corrected chi connectivity index (χ0v) is 17.1. The predicted octanol–water partition coefficient (Wildman–Crippen LogP) is 3.51. The average molecular weight is 456 g/mol. The molecular formula is C21H18BrN3O4. The molecule has 0 aliphatic rings. The van der Waals surface area contributed by atoms with Gasteiger partial charge in [-0.2, -0.15) is 0 Å². The van der Waals surface area contributed by atoms with Crippen LogP contribution in [0, 0.1) is 0 Å². The van der Waals surface area contributed by atoms with Gasteiger partial charge in [0.1, 0.15) is 12.3 Å². The van der Waals surface area contributed by atoms with Crippen LogP contribution in [0.3, 0.4) is 0 Å². The number of nitrogens with one attached hydrogen (secondary N) is 2. The number of nitrogens with zero attached hydrogens (tertiary/aromatic N) is 1. The van der Waals surface area contributed by atoms with Crippen LogP contribution in [0.25, 0.3) is 0 Å². The van der Waals surface area contributed by atoms with Crippen molar-refractivity contribution in [1.29, 1.82) is 0 Å². The molecule has 0 aliphatic carbocycles. The van der Waals surface area contributed by atoms with Crippen LogP contribution in [0.5, 0.6) is 5.75 Å². The Bertz CT molecular complexity index is 1110. The highest BCUT2D eigenvalue weighted by Gasteiger charge is 2.14. The second-order valence-electron chi connectivity index (χ2n) is 6.09. The van der Waals surface area contributed by atoms with Gasteiger partial charge in [-0.1, -0.05) is 18.2 Å². The first kappa shape index (κ1) is 20.3. The Hall–Kier alpha value is -3.39. The minimum atomic E-state index is -0.424. The van der Waals surface area contributed by atoms with E-state index in [0.717, 1.165) is 0 Å². The van der Waals surface area contributed by atoms with E-state index in [1.54, 1.807) is 61.7 Å². The van der Waals surface area contributed by atoms with Gasteiger partial charge in [-0.3, -0.25) is 14.4 Å². The van der Waals surface area contributed by atoms with E-state index in [4.69, 9.17) is 4.74 Å². The van der Waals surface area contributed by atoms with Gasteiger partial charge in [-0.05, 0) is 46.3 Å². The molecule has 3 rings (SSSR count). The van der Waals surface area contributed by atoms with Crippen molar-refractivity contribution in [3.05, 3.63) is 87.3 Å². The smallest absolute Gasteiger partial charge is 0.257 e. The fourth-order valence-electron chi connectivity index (χ4n) is 2.66. The number of benzene rings is 2. The lowest BCUT2D eigenvalue weighted by Crippen LogP contribution is -2.27. The van der Waals surface area contributed by atoms with E-state index >= 15 is 0 Å². The lowest BCUT2D eigenvalue weighted by atomic mass is 10.1. The number of rotatable bonds is 6. The standard InChI is InChI=1S/C21H18BrN3O4/c1-29-16-6-4-5-15(11-16)23-21(28)17-7-2-3-8-18(17)24-19(26)13-25-12-14(22)9-10-20(25)27/h2-12H,13H2,1H3,(H,23,28)(H,24,26). The van der Waals surface area contributed by atoms with E-state index in [1.165, 1.54) is 16.8 Å². The van der Waals surface area contributed by atoms with Gasteiger partial charge >= 0.3 is 0 Å². The SMILES string of the molecule is COc1cccc(NC(=O)c2ccccc2NC(=O)Cn2cc(Br)ccc2=O)c1. The van der Waals surface area contributed by atoms with E-state index in [1.807, 2.05) is 0 Å². The van der Waals surface area contributed by atoms with Crippen LogP contribution in [0.2, 0.25) is 0 Å². The van der Waals surface area contributed by atoms with E-state index in [2.05, 4.69) is 26.6 Å². The maximum atomic E-state index is 12.7. The summed E-state index contributed by atoms with van der Waals surface area (Å²) in [5.41, 5.74) is 0.912. The number of carbonyl (C=O) groups excluding carboxylic acids is 2. The number of ether oxygens (including phenoxy) is 1. The number of carbonyl (C=O) groups is 2. The topological polar surface area (TPSA) is 89.4 Å². The molecule has 7 nitrogen and oxygen atoms in total. The third kappa shape index (κ3) is 5.32. The Balaban J connectivity index is 1.75. The van der Waals surface area contributed by atoms with Gasteiger partial charge < -0.3 is 19.9 Å². The van der Waals surface area contributed by atoms with Crippen LogP contribution in [0.4, 0.5) is 11.4 Å². The summed E-state index contributed by atoms with van der Waals surface area (Å²) in [6, 6.07) is 16.6. The number of hydrogen-bond donors (Lipinski definition) is 2. The lowest BCUT2D eigenvalue weighted by Gasteiger charge is -2.12. The maximum absolute atomic E-state index is 12.7. The van der Waals surface area contributed by atoms with Crippen molar-refractivity contribution < 1.29 is 14.3 Å². The summed E-state index contributed by atoms with van der Waals surface area (Å²) >= 11 is 3.27. The van der Waals surface area contributed by atoms with Gasteiger partial charge in [0, 0.05) is 28.5 Å². The minimum Gasteiger partial charge on any atom is -0.497 e. The van der Waals surface area contributed by atoms with E-state index in [-0.39, 0.29) is 18.0 Å². The van der Waals surface area contributed by atoms with Gasteiger partial charge in [-0.25, -0.2) is 0 Å². The molecule has 148 valence electrons. The molecule has 1 heterocycles. The first-order valence-corrected chi connectivity index (χ1v) is 9.46. The zero-order chi connectivity index (χ0) is 20.8. The molecule has 0 aliphatic heterocycles. The molecule has 8 heteroatoms. The molecule has 0 spiro atoms. The largest absolute Gasteiger partial charge is 0.497 e. The van der Waals surface area contributed by atoms with Crippen LogP contribution in [0.1, 0.15) is 10.4 Å². The van der Waals surface area contributed by atoms with Crippen molar-refractivity contribution >= 4 is 39.1 Å². The molecule has 3 aromatic rings. The average Bonchev–Trinajstić information content (AvgIpc) is 2.71. The third-order valence-electron chi connectivity index (χ3n) is 4.03. The molecule has 29 heavy (non-hydrogen) atoms. The van der Waals surface area contributed by atoms with E-state index < -0.39 is 5.91 Å². The number of aromatic nitrogens is 1. The molecule has 0 saturated carbocycles. The molecule has 2 N–H and O–H groups in total. The highest BCUT2D eigenvalue weighted by molar-refractivity contribution is 9.10. The van der Waals surface area contributed by atoms with E-state index in [9.17, 15) is 14.4 Å². The highest BCUT2D eigenvalue weighted by atomic mass is 79.9. The van der Waals surface area contributed by atoms with Crippen molar-refractivity contribution in [2.45, 2.75) is 6.54 Å². The molecule has 0 atom stereocenters. The van der Waals surface area contributed by atoms with Crippen molar-refractivity contribution in [2.75, 3.05) is 17.7 Å². The van der Waals surface area contributed by atoms with Gasteiger partial charge in [0.15, 0.2) is 0 Å². The maximum Gasteiger partial charge on any atom is 0.257 e. The van der Waals surface area contributed by atoms with Crippen LogP contribution in [0.15, 0.2) is 76.1 Å². The molecule has 0 radical (unpaired) electrons. The summed E-state index contributed by atoms with van der Waals surface area (Å²) in [4.78, 5) is 37.0. The molecule has 1 aromatic heterocycles. The summed E-state index contributed by atoms with van der Waals surface area (Å²) in [7, 11) is 1.54. The summed E-state index contributed by atoms with van der Waals surface area (Å²) in [6.07, 6.45) is 1.53. The van der Waals surface area contributed by atoms with Crippen LogP contribution < -0.4 is 20.9 Å². The van der Waals surface area contributed by atoms with Crippen LogP contribution in [-0.4, -0.2) is 23.5 Å². The molecular weight excluding hydrogens is 438 g/mol. The van der Waals surface area contributed by atoms with E-state index in [0.29, 0.717) is 27.2 Å². The summed E-state index contributed by atoms with van der Waals surface area (Å²) < 4.78 is 7.11. The molecule has 0 unspecified atom stereocenters. The van der Waals surface area contributed by atoms with Crippen molar-refractivity contribution in [2.24, 2.45) is 0 Å². The molecule has 0 saturated heterocycles. The van der Waals surface area contributed by atoms with Gasteiger partial charge in [-0.15, -0.1) is 0 Å². The summed E-state index contributed by atoms with van der Waals surface area (Å²) in [5, 5.41) is 5.48. The number of amides is 2. The third-order valence-corrected chi connectivity index (χ3v) is 4.50. The number of pyridine rings is 1. The second kappa shape index (κ2) is 9.20. The normalized spacial score (nSPS) is 10.3. The Morgan fingerprint density at radius 1 is 1.03 bits per heavy atom. The van der Waals surface area contributed by atoms with Crippen LogP contribution in [-0.2, 0) is 11.3 Å².